The average Bonchev–Trinajstić information content (AvgIpc) is 3.53. The maximum Gasteiger partial charge on any atom is 0.410 e. The second-order valence-electron chi connectivity index (χ2n) is 15.6. The predicted octanol–water partition coefficient (Wildman–Crippen LogP) is 3.49. The van der Waals surface area contributed by atoms with E-state index >= 15 is 0 Å². The molecule has 16 nitrogen and oxygen atoms in total. The first-order chi connectivity index (χ1) is 25.8. The highest BCUT2D eigenvalue weighted by molar-refractivity contribution is 5.97. The molecule has 2 amide bonds. The van der Waals surface area contributed by atoms with E-state index in [1.807, 2.05) is 20.8 Å². The minimum atomic E-state index is -1.26. The smallest absolute Gasteiger partial charge is 0.410 e. The van der Waals surface area contributed by atoms with Crippen LogP contribution in [0.4, 0.5) is 4.79 Å². The van der Waals surface area contributed by atoms with E-state index in [-0.39, 0.29) is 24.5 Å². The quantitative estimate of drug-likeness (QED) is 0.185. The van der Waals surface area contributed by atoms with Crippen molar-refractivity contribution in [3.8, 4) is 5.75 Å². The Balaban J connectivity index is 1.77. The van der Waals surface area contributed by atoms with Gasteiger partial charge in [-0.2, -0.15) is 0 Å². The van der Waals surface area contributed by atoms with Crippen LogP contribution in [0.2, 0.25) is 0 Å². The molecule has 3 saturated heterocycles. The van der Waals surface area contributed by atoms with Gasteiger partial charge in [-0.15, -0.1) is 0 Å². The third-order valence-electron chi connectivity index (χ3n) is 10.1. The van der Waals surface area contributed by atoms with E-state index in [0.717, 1.165) is 0 Å². The van der Waals surface area contributed by atoms with Crippen molar-refractivity contribution >= 4 is 35.9 Å². The van der Waals surface area contributed by atoms with Crippen LogP contribution in [0.25, 0.3) is 0 Å². The number of carbonyl (C=O) groups is 6. The van der Waals surface area contributed by atoms with Gasteiger partial charge in [-0.25, -0.2) is 9.59 Å². The molecular formula is C39H57N3O13. The summed E-state index contributed by atoms with van der Waals surface area (Å²) in [5.41, 5.74) is -0.781. The molecule has 0 radical (unpaired) electrons. The van der Waals surface area contributed by atoms with Gasteiger partial charge in [-0.1, -0.05) is 0 Å². The second kappa shape index (κ2) is 18.1. The van der Waals surface area contributed by atoms with Gasteiger partial charge < -0.3 is 43.4 Å². The van der Waals surface area contributed by atoms with Crippen LogP contribution in [0.1, 0.15) is 101 Å². The van der Waals surface area contributed by atoms with E-state index < -0.39 is 64.8 Å². The Kier molecular flexibility index (Phi) is 14.3. The molecule has 3 heterocycles. The van der Waals surface area contributed by atoms with Gasteiger partial charge in [0.15, 0.2) is 12.2 Å². The number of likely N-dealkylation sites (tertiary alicyclic amines) is 1. The van der Waals surface area contributed by atoms with E-state index in [0.29, 0.717) is 88.2 Å². The first-order valence-electron chi connectivity index (χ1n) is 18.8. The normalized spacial score (nSPS) is 23.4. The lowest BCUT2D eigenvalue weighted by Crippen LogP contribution is -2.59. The van der Waals surface area contributed by atoms with Crippen molar-refractivity contribution in [1.82, 2.24) is 15.1 Å². The van der Waals surface area contributed by atoms with Crippen molar-refractivity contribution in [3.05, 3.63) is 28.3 Å². The molecule has 4 rings (SSSR count). The standard InChI is InChI=1S/C39H57N3O13/c1-24-19-30(34(46)40-20-29(52-27(4)44)21-51-26(3)43)32(25(2)33(24)53-28(5)45)39(12-10-11-31(54-39)35(47)49-9)14-16-42-17-18-50-23-38(42)13-15-41(22-38)36(48)55-37(6,7)8/h19,29,31H,10-18,20-23H2,1-9H3,(H,40,46)/t29?,31?,38-,39?/m0/s1. The number of rotatable bonds is 12. The summed E-state index contributed by atoms with van der Waals surface area (Å²) in [6.45, 7) is 15.0. The van der Waals surface area contributed by atoms with Crippen LogP contribution in [0, 0.1) is 13.8 Å². The van der Waals surface area contributed by atoms with Crippen LogP contribution in [-0.2, 0) is 53.2 Å². The van der Waals surface area contributed by atoms with E-state index in [4.69, 9.17) is 33.2 Å². The predicted molar refractivity (Wildman–Crippen MR) is 196 cm³/mol. The molecule has 0 saturated carbocycles. The highest BCUT2D eigenvalue weighted by Crippen LogP contribution is 2.47. The molecule has 0 aliphatic carbocycles. The van der Waals surface area contributed by atoms with Crippen molar-refractivity contribution in [2.45, 2.75) is 116 Å². The Labute approximate surface area is 322 Å². The fourth-order valence-corrected chi connectivity index (χ4v) is 7.81. The van der Waals surface area contributed by atoms with E-state index in [1.165, 1.54) is 27.9 Å². The molecule has 1 N–H and O–H groups in total. The molecule has 4 atom stereocenters. The fourth-order valence-electron chi connectivity index (χ4n) is 7.81. The van der Waals surface area contributed by atoms with Crippen LogP contribution in [0.3, 0.4) is 0 Å². The van der Waals surface area contributed by atoms with E-state index in [1.54, 1.807) is 24.8 Å². The van der Waals surface area contributed by atoms with Gasteiger partial charge in [-0.3, -0.25) is 24.1 Å². The Bertz CT molecular complexity index is 1620. The molecule has 3 aliphatic heterocycles. The van der Waals surface area contributed by atoms with E-state index in [2.05, 4.69) is 10.2 Å². The molecule has 0 bridgehead atoms. The largest absolute Gasteiger partial charge is 0.467 e. The van der Waals surface area contributed by atoms with Gasteiger partial charge in [0.1, 0.15) is 18.0 Å². The summed E-state index contributed by atoms with van der Waals surface area (Å²) in [4.78, 5) is 80.2. The summed E-state index contributed by atoms with van der Waals surface area (Å²) in [6, 6.07) is 1.61. The zero-order valence-corrected chi connectivity index (χ0v) is 33.6. The number of hydrogen-bond acceptors (Lipinski definition) is 14. The van der Waals surface area contributed by atoms with Gasteiger partial charge in [-0.05, 0) is 83.9 Å². The number of aryl methyl sites for hydroxylation is 1. The zero-order chi connectivity index (χ0) is 40.7. The molecule has 3 aliphatic rings. The van der Waals surface area contributed by atoms with Crippen LogP contribution >= 0.6 is 0 Å². The minimum Gasteiger partial charge on any atom is -0.467 e. The Hall–Kier alpha value is -4.28. The summed E-state index contributed by atoms with van der Waals surface area (Å²) in [7, 11) is 1.29. The topological polar surface area (TPSA) is 186 Å². The molecule has 55 heavy (non-hydrogen) atoms. The Morgan fingerprint density at radius 2 is 1.75 bits per heavy atom. The van der Waals surface area contributed by atoms with Crippen molar-refractivity contribution in [3.63, 3.8) is 0 Å². The summed E-state index contributed by atoms with van der Waals surface area (Å²) in [6.07, 6.45) is 0.000678. The number of carbonyl (C=O) groups excluding carboxylic acids is 6. The zero-order valence-electron chi connectivity index (χ0n) is 33.6. The maximum atomic E-state index is 14.3. The van der Waals surface area contributed by atoms with Gasteiger partial charge >= 0.3 is 30.0 Å². The fraction of sp³-hybridized carbons (Fsp3) is 0.692. The van der Waals surface area contributed by atoms with Gasteiger partial charge in [0.25, 0.3) is 5.91 Å². The molecule has 1 aromatic carbocycles. The number of nitrogens with one attached hydrogen (secondary N) is 1. The lowest BCUT2D eigenvalue weighted by molar-refractivity contribution is -0.185. The minimum absolute atomic E-state index is 0.183. The number of methoxy groups -OCH3 is 1. The molecular weight excluding hydrogens is 718 g/mol. The number of amides is 2. The number of benzene rings is 1. The Morgan fingerprint density at radius 3 is 2.38 bits per heavy atom. The van der Waals surface area contributed by atoms with Crippen molar-refractivity contribution in [1.29, 1.82) is 0 Å². The molecule has 306 valence electrons. The highest BCUT2D eigenvalue weighted by atomic mass is 16.6. The number of hydrogen-bond donors (Lipinski definition) is 1. The molecule has 3 unspecified atom stereocenters. The lowest BCUT2D eigenvalue weighted by atomic mass is 9.76. The Morgan fingerprint density at radius 1 is 1.02 bits per heavy atom. The number of ether oxygens (including phenoxy) is 7. The molecule has 1 aromatic rings. The second-order valence-corrected chi connectivity index (χ2v) is 15.6. The lowest BCUT2D eigenvalue weighted by Gasteiger charge is -2.48. The maximum absolute atomic E-state index is 14.3. The van der Waals surface area contributed by atoms with Crippen LogP contribution < -0.4 is 10.1 Å². The highest BCUT2D eigenvalue weighted by Gasteiger charge is 2.50. The third-order valence-corrected chi connectivity index (χ3v) is 10.1. The van der Waals surface area contributed by atoms with Gasteiger partial charge in [0.05, 0.1) is 38.0 Å². The van der Waals surface area contributed by atoms with Crippen molar-refractivity contribution in [2.24, 2.45) is 0 Å². The SMILES string of the molecule is COC(=O)C1CCCC(CCN2CCOC[C@@]23CCN(C(=O)OC(C)(C)C)C3)(c2c(C(=O)NCC(COC(C)=O)OC(C)=O)cc(C)c(OC(C)=O)c2C)O1. The van der Waals surface area contributed by atoms with Crippen LogP contribution in [0.5, 0.6) is 5.75 Å². The molecule has 3 fully saturated rings. The van der Waals surface area contributed by atoms with Crippen LogP contribution in [-0.4, -0.2) is 129 Å². The number of morpholine rings is 1. The molecule has 16 heteroatoms. The summed E-state index contributed by atoms with van der Waals surface area (Å²) >= 11 is 0. The number of esters is 4. The first-order valence-corrected chi connectivity index (χ1v) is 18.8. The first kappa shape index (κ1) is 43.4. The number of nitrogens with zero attached hydrogens (tertiary/aromatic N) is 2. The van der Waals surface area contributed by atoms with E-state index in [9.17, 15) is 28.8 Å². The summed E-state index contributed by atoms with van der Waals surface area (Å²) < 4.78 is 39.7. The third kappa shape index (κ3) is 10.9. The summed E-state index contributed by atoms with van der Waals surface area (Å²) in [5, 5.41) is 2.82. The molecule has 1 spiro atoms. The average molecular weight is 776 g/mol. The van der Waals surface area contributed by atoms with Gasteiger partial charge in [0, 0.05) is 58.1 Å². The van der Waals surface area contributed by atoms with Crippen molar-refractivity contribution < 1.29 is 61.9 Å². The molecule has 0 aromatic heterocycles. The van der Waals surface area contributed by atoms with Gasteiger partial charge in [0.2, 0.25) is 0 Å². The monoisotopic (exact) mass is 775 g/mol. The van der Waals surface area contributed by atoms with Crippen LogP contribution in [0.15, 0.2) is 6.07 Å². The van der Waals surface area contributed by atoms with Crippen molar-refractivity contribution in [2.75, 3.05) is 59.7 Å². The summed E-state index contributed by atoms with van der Waals surface area (Å²) in [5.74, 6) is -2.59.